The third kappa shape index (κ3) is 4.82. The van der Waals surface area contributed by atoms with Crippen molar-refractivity contribution >= 4 is 57.8 Å². The van der Waals surface area contributed by atoms with Crippen LogP contribution in [0.1, 0.15) is 22.3 Å². The van der Waals surface area contributed by atoms with Crippen LogP contribution < -0.4 is 0 Å². The van der Waals surface area contributed by atoms with Crippen LogP contribution in [0, 0.1) is 0 Å². The van der Waals surface area contributed by atoms with Crippen molar-refractivity contribution < 1.29 is 9.90 Å². The third-order valence-corrected chi connectivity index (χ3v) is 6.15. The van der Waals surface area contributed by atoms with Crippen LogP contribution in [0.25, 0.3) is 51.8 Å². The number of para-hydroxylation sites is 1. The Kier molecular flexibility index (Phi) is 6.46. The molecule has 1 aromatic heterocycles. The van der Waals surface area contributed by atoms with E-state index < -0.39 is 5.97 Å². The summed E-state index contributed by atoms with van der Waals surface area (Å²) in [5.74, 6) is -1.01. The molecule has 0 saturated carbocycles. The van der Waals surface area contributed by atoms with Gasteiger partial charge in [-0.15, -0.1) is 0 Å². The molecule has 0 bridgehead atoms. The minimum atomic E-state index is -1.01. The lowest BCUT2D eigenvalue weighted by atomic mass is 10.0. The van der Waals surface area contributed by atoms with Gasteiger partial charge in [0.1, 0.15) is 0 Å². The number of fused-ring (bicyclic) bond motifs is 3. The second kappa shape index (κ2) is 10.2. The Morgan fingerprint density at radius 2 is 1.31 bits per heavy atom. The molecule has 0 aliphatic carbocycles. The van der Waals surface area contributed by atoms with E-state index in [9.17, 15) is 4.79 Å². The number of benzene rings is 4. The van der Waals surface area contributed by atoms with Gasteiger partial charge in [0.15, 0.2) is 0 Å². The molecule has 0 aliphatic rings. The summed E-state index contributed by atoms with van der Waals surface area (Å²) in [7, 11) is 0. The summed E-state index contributed by atoms with van der Waals surface area (Å²) in [4.78, 5) is 11.1. The molecule has 0 atom stereocenters. The van der Waals surface area contributed by atoms with E-state index in [1.807, 2.05) is 36.4 Å². The Bertz CT molecular complexity index is 1650. The predicted octanol–water partition coefficient (Wildman–Crippen LogP) is 8.25. The molecule has 3 heteroatoms. The van der Waals surface area contributed by atoms with E-state index in [1.54, 1.807) is 12.1 Å². The minimum absolute atomic E-state index is 0.0944. The number of aliphatic carboxylic acids is 1. The zero-order valence-corrected chi connectivity index (χ0v) is 19.7. The van der Waals surface area contributed by atoms with Crippen molar-refractivity contribution in [1.29, 1.82) is 0 Å². The van der Waals surface area contributed by atoms with Crippen LogP contribution in [0.2, 0.25) is 0 Å². The first kappa shape index (κ1) is 22.9. The van der Waals surface area contributed by atoms with Crippen LogP contribution in [-0.2, 0) is 4.79 Å². The maximum Gasteiger partial charge on any atom is 0.335 e. The molecule has 36 heavy (non-hydrogen) atoms. The van der Waals surface area contributed by atoms with E-state index in [0.717, 1.165) is 22.2 Å². The van der Waals surface area contributed by atoms with Crippen molar-refractivity contribution in [2.24, 2.45) is 0 Å². The largest absolute Gasteiger partial charge is 0.478 e. The van der Waals surface area contributed by atoms with E-state index in [0.29, 0.717) is 5.56 Å². The zero-order valence-electron chi connectivity index (χ0n) is 19.7. The van der Waals surface area contributed by atoms with Gasteiger partial charge in [0.25, 0.3) is 0 Å². The van der Waals surface area contributed by atoms with Crippen LogP contribution in [0.3, 0.4) is 0 Å². The topological polar surface area (TPSA) is 42.2 Å². The predicted molar refractivity (Wildman–Crippen MR) is 152 cm³/mol. The van der Waals surface area contributed by atoms with Crippen LogP contribution >= 0.6 is 0 Å². The Morgan fingerprint density at radius 3 is 2.08 bits per heavy atom. The number of hydrogen-bond acceptors (Lipinski definition) is 1. The van der Waals surface area contributed by atoms with Gasteiger partial charge >= 0.3 is 5.97 Å². The minimum Gasteiger partial charge on any atom is -0.478 e. The lowest BCUT2D eigenvalue weighted by Crippen LogP contribution is -1.97. The molecule has 0 unspecified atom stereocenters. The van der Waals surface area contributed by atoms with E-state index >= 15 is 0 Å². The fourth-order valence-electron chi connectivity index (χ4n) is 4.26. The van der Waals surface area contributed by atoms with Gasteiger partial charge in [0.2, 0.25) is 0 Å². The fraction of sp³-hybridized carbons (Fsp3) is 0. The normalized spacial score (nSPS) is 11.9. The van der Waals surface area contributed by atoms with Crippen molar-refractivity contribution in [2.45, 2.75) is 0 Å². The Labute approximate surface area is 210 Å². The van der Waals surface area contributed by atoms with Gasteiger partial charge in [0.05, 0.1) is 16.6 Å². The van der Waals surface area contributed by atoms with Gasteiger partial charge in [-0.2, -0.15) is 0 Å². The standard InChI is InChI=1S/C33H25NO2/c1-24(33(35)36)28-19-16-26(17-20-28)14-15-27-18-21-32-30(23-27)29-12-5-6-13-31(29)34(32)22-8-7-11-25-9-3-2-4-10-25/h2-23H,1H2,(H,35,36)/b11-7+,15-14?,22-8+. The second-order valence-electron chi connectivity index (χ2n) is 8.51. The van der Waals surface area contributed by atoms with Crippen LogP contribution in [0.15, 0.2) is 116 Å². The van der Waals surface area contributed by atoms with Gasteiger partial charge in [0, 0.05) is 17.0 Å². The van der Waals surface area contributed by atoms with Crippen molar-refractivity contribution in [3.63, 3.8) is 0 Å². The second-order valence-corrected chi connectivity index (χ2v) is 8.51. The van der Waals surface area contributed by atoms with Gasteiger partial charge in [-0.05, 0) is 46.5 Å². The number of carboxylic acid groups (broad SMARTS) is 1. The molecular weight excluding hydrogens is 442 g/mol. The highest BCUT2D eigenvalue weighted by atomic mass is 16.4. The number of nitrogens with zero attached hydrogens (tertiary/aromatic N) is 1. The summed E-state index contributed by atoms with van der Waals surface area (Å²) in [5.41, 5.74) is 6.27. The number of rotatable bonds is 7. The monoisotopic (exact) mass is 467 g/mol. The Hall–Kier alpha value is -4.89. The quantitative estimate of drug-likeness (QED) is 0.149. The Morgan fingerprint density at radius 1 is 0.667 bits per heavy atom. The molecule has 5 rings (SSSR count). The maximum atomic E-state index is 11.1. The van der Waals surface area contributed by atoms with E-state index in [-0.39, 0.29) is 5.57 Å². The molecule has 0 radical (unpaired) electrons. The lowest BCUT2D eigenvalue weighted by molar-refractivity contribution is -0.130. The summed E-state index contributed by atoms with van der Waals surface area (Å²) < 4.78 is 2.22. The molecule has 5 aromatic rings. The van der Waals surface area contributed by atoms with Gasteiger partial charge in [-0.1, -0.05) is 110 Å². The van der Waals surface area contributed by atoms with E-state index in [4.69, 9.17) is 5.11 Å². The summed E-state index contributed by atoms with van der Waals surface area (Å²) in [6.45, 7) is 3.61. The van der Waals surface area contributed by atoms with Crippen LogP contribution in [0.4, 0.5) is 0 Å². The van der Waals surface area contributed by atoms with Crippen molar-refractivity contribution in [3.05, 3.63) is 138 Å². The van der Waals surface area contributed by atoms with E-state index in [1.165, 1.54) is 16.3 Å². The molecular formula is C33H25NO2. The summed E-state index contributed by atoms with van der Waals surface area (Å²) in [6, 6.07) is 32.5. The number of hydrogen-bond donors (Lipinski definition) is 1. The molecule has 0 fully saturated rings. The number of allylic oxidation sites excluding steroid dienone is 2. The van der Waals surface area contributed by atoms with Crippen molar-refractivity contribution in [2.75, 3.05) is 0 Å². The first-order valence-electron chi connectivity index (χ1n) is 11.7. The molecule has 0 aliphatic heterocycles. The first-order valence-corrected chi connectivity index (χ1v) is 11.7. The summed E-state index contributed by atoms with van der Waals surface area (Å²) in [5, 5.41) is 11.5. The number of carboxylic acids is 1. The lowest BCUT2D eigenvalue weighted by Gasteiger charge is -2.02. The van der Waals surface area contributed by atoms with Crippen molar-refractivity contribution in [1.82, 2.24) is 4.57 Å². The smallest absolute Gasteiger partial charge is 0.335 e. The highest BCUT2D eigenvalue weighted by molar-refractivity contribution is 6.14. The molecule has 0 spiro atoms. The highest BCUT2D eigenvalue weighted by Gasteiger charge is 2.09. The van der Waals surface area contributed by atoms with Gasteiger partial charge in [-0.3, -0.25) is 0 Å². The highest BCUT2D eigenvalue weighted by Crippen LogP contribution is 2.30. The molecule has 4 aromatic carbocycles. The zero-order chi connectivity index (χ0) is 24.9. The number of aromatic nitrogens is 1. The molecule has 1 N–H and O–H groups in total. The van der Waals surface area contributed by atoms with Crippen molar-refractivity contribution in [3.8, 4) is 0 Å². The number of carbonyl (C=O) groups is 1. The van der Waals surface area contributed by atoms with E-state index in [2.05, 4.69) is 96.2 Å². The Balaban J connectivity index is 1.44. The SMILES string of the molecule is C=C(C(=O)O)c1ccc(C=Cc2ccc3c(c2)c2ccccc2n3/C=C/C=C/c2ccccc2)cc1. The maximum absolute atomic E-state index is 11.1. The first-order chi connectivity index (χ1) is 17.6. The molecule has 1 heterocycles. The van der Waals surface area contributed by atoms with Crippen LogP contribution in [-0.4, -0.2) is 15.6 Å². The van der Waals surface area contributed by atoms with Crippen LogP contribution in [0.5, 0.6) is 0 Å². The van der Waals surface area contributed by atoms with Gasteiger partial charge in [-0.25, -0.2) is 4.79 Å². The molecule has 0 saturated heterocycles. The third-order valence-electron chi connectivity index (χ3n) is 6.15. The summed E-state index contributed by atoms with van der Waals surface area (Å²) in [6.07, 6.45) is 12.4. The molecule has 3 nitrogen and oxygen atoms in total. The van der Waals surface area contributed by atoms with Gasteiger partial charge < -0.3 is 9.67 Å². The fourth-order valence-corrected chi connectivity index (χ4v) is 4.26. The average molecular weight is 468 g/mol. The molecule has 174 valence electrons. The summed E-state index contributed by atoms with van der Waals surface area (Å²) >= 11 is 0. The molecule has 0 amide bonds. The average Bonchev–Trinajstić information content (AvgIpc) is 3.23.